The monoisotopic (exact) mass is 261 g/mol. The smallest absolute Gasteiger partial charge is 0.120 e. The van der Waals surface area contributed by atoms with E-state index >= 15 is 0 Å². The summed E-state index contributed by atoms with van der Waals surface area (Å²) in [5.74, 6) is 0.338. The third-order valence-electron chi connectivity index (χ3n) is 3.14. The Kier molecular flexibility index (Phi) is 3.62. The number of phenols is 1. The molecule has 18 heavy (non-hydrogen) atoms. The second kappa shape index (κ2) is 5.02. The molecule has 1 aromatic carbocycles. The van der Waals surface area contributed by atoms with Gasteiger partial charge in [0.1, 0.15) is 5.75 Å². The number of rotatable bonds is 3. The first-order chi connectivity index (χ1) is 8.47. The maximum absolute atomic E-state index is 9.70. The van der Waals surface area contributed by atoms with Crippen molar-refractivity contribution < 1.29 is 5.11 Å². The molecule has 2 nitrogen and oxygen atoms in total. The number of benzene rings is 1. The van der Waals surface area contributed by atoms with Crippen LogP contribution in [0, 0.1) is 20.8 Å². The van der Waals surface area contributed by atoms with Crippen LogP contribution in [-0.4, -0.2) is 5.11 Å². The molecule has 3 heteroatoms. The Bertz CT molecular complexity index is 560. The number of aryl methyl sites for hydroxylation is 3. The predicted molar refractivity (Wildman–Crippen MR) is 78.7 cm³/mol. The van der Waals surface area contributed by atoms with Crippen LogP contribution in [0.5, 0.6) is 5.75 Å². The van der Waals surface area contributed by atoms with Gasteiger partial charge in [0.2, 0.25) is 0 Å². The summed E-state index contributed by atoms with van der Waals surface area (Å²) < 4.78 is 0. The molecule has 0 radical (unpaired) electrons. The molecule has 0 aliphatic rings. The van der Waals surface area contributed by atoms with Gasteiger partial charge in [0.05, 0.1) is 0 Å². The van der Waals surface area contributed by atoms with E-state index in [9.17, 15) is 5.11 Å². The van der Waals surface area contributed by atoms with Gasteiger partial charge in [0.15, 0.2) is 0 Å². The number of thiophene rings is 1. The van der Waals surface area contributed by atoms with Crippen LogP contribution in [0.3, 0.4) is 0 Å². The summed E-state index contributed by atoms with van der Waals surface area (Å²) in [6, 6.07) is 8.18. The van der Waals surface area contributed by atoms with E-state index in [2.05, 4.69) is 32.2 Å². The third-order valence-corrected chi connectivity index (χ3v) is 4.12. The molecule has 1 aromatic heterocycles. The summed E-state index contributed by atoms with van der Waals surface area (Å²) >= 11 is 1.82. The molecule has 1 unspecified atom stereocenters. The Labute approximate surface area is 112 Å². The molecule has 1 heterocycles. The van der Waals surface area contributed by atoms with Gasteiger partial charge in [0.25, 0.3) is 0 Å². The fourth-order valence-electron chi connectivity index (χ4n) is 2.11. The molecule has 0 fully saturated rings. The van der Waals surface area contributed by atoms with Crippen molar-refractivity contribution in [3.05, 3.63) is 45.1 Å². The lowest BCUT2D eigenvalue weighted by Gasteiger charge is -2.16. The van der Waals surface area contributed by atoms with Gasteiger partial charge in [-0.1, -0.05) is 6.07 Å². The van der Waals surface area contributed by atoms with Crippen LogP contribution in [0.1, 0.15) is 33.8 Å². The summed E-state index contributed by atoms with van der Waals surface area (Å²) in [6.45, 7) is 8.32. The van der Waals surface area contributed by atoms with E-state index in [1.165, 1.54) is 15.3 Å². The maximum atomic E-state index is 9.70. The topological polar surface area (TPSA) is 32.3 Å². The highest BCUT2D eigenvalue weighted by Gasteiger charge is 2.11. The highest BCUT2D eigenvalue weighted by Crippen LogP contribution is 2.30. The molecule has 1 atom stereocenters. The first-order valence-corrected chi connectivity index (χ1v) is 6.92. The highest BCUT2D eigenvalue weighted by molar-refractivity contribution is 7.12. The van der Waals surface area contributed by atoms with Gasteiger partial charge >= 0.3 is 0 Å². The standard InChI is InChI=1S/C15H19NOS/c1-9-5-6-13(8-15(9)17)16-11(3)14-7-10(2)18-12(14)4/h5-8,11,16-17H,1-4H3. The van der Waals surface area contributed by atoms with E-state index in [1.54, 1.807) is 6.07 Å². The zero-order chi connectivity index (χ0) is 13.3. The summed E-state index contributed by atoms with van der Waals surface area (Å²) in [6.07, 6.45) is 0. The normalized spacial score (nSPS) is 12.4. The zero-order valence-electron chi connectivity index (χ0n) is 11.2. The minimum Gasteiger partial charge on any atom is -0.508 e. The molecule has 0 amide bonds. The lowest BCUT2D eigenvalue weighted by atomic mass is 10.1. The van der Waals surface area contributed by atoms with E-state index in [1.807, 2.05) is 30.4 Å². The largest absolute Gasteiger partial charge is 0.508 e. The van der Waals surface area contributed by atoms with E-state index < -0.39 is 0 Å². The lowest BCUT2D eigenvalue weighted by molar-refractivity contribution is 0.471. The highest BCUT2D eigenvalue weighted by atomic mass is 32.1. The van der Waals surface area contributed by atoms with Crippen molar-refractivity contribution in [1.29, 1.82) is 0 Å². The fraction of sp³-hybridized carbons (Fsp3) is 0.333. The van der Waals surface area contributed by atoms with Gasteiger partial charge in [-0.25, -0.2) is 0 Å². The summed E-state index contributed by atoms with van der Waals surface area (Å²) in [7, 11) is 0. The third kappa shape index (κ3) is 2.67. The molecule has 0 aliphatic carbocycles. The number of anilines is 1. The molecule has 0 bridgehead atoms. The SMILES string of the molecule is Cc1cc(C(C)Nc2ccc(C)c(O)c2)c(C)s1. The average Bonchev–Trinajstić information content (AvgIpc) is 2.63. The van der Waals surface area contributed by atoms with Crippen molar-refractivity contribution in [3.63, 3.8) is 0 Å². The van der Waals surface area contributed by atoms with Crippen molar-refractivity contribution >= 4 is 17.0 Å². The van der Waals surface area contributed by atoms with E-state index in [0.717, 1.165) is 11.3 Å². The molecule has 0 spiro atoms. The predicted octanol–water partition coefficient (Wildman–Crippen LogP) is 4.55. The van der Waals surface area contributed by atoms with Crippen LogP contribution in [0.2, 0.25) is 0 Å². The maximum Gasteiger partial charge on any atom is 0.120 e. The van der Waals surface area contributed by atoms with Gasteiger partial charge in [-0.05, 0) is 51.0 Å². The quantitative estimate of drug-likeness (QED) is 0.849. The van der Waals surface area contributed by atoms with Crippen LogP contribution >= 0.6 is 11.3 Å². The van der Waals surface area contributed by atoms with Crippen molar-refractivity contribution in [2.45, 2.75) is 33.7 Å². The molecule has 0 saturated heterocycles. The Balaban J connectivity index is 2.18. The molecular formula is C15H19NOS. The lowest BCUT2D eigenvalue weighted by Crippen LogP contribution is -2.06. The second-order valence-electron chi connectivity index (χ2n) is 4.74. The van der Waals surface area contributed by atoms with Gasteiger partial charge in [-0.2, -0.15) is 0 Å². The molecular weight excluding hydrogens is 242 g/mol. The molecule has 0 saturated carbocycles. The summed E-state index contributed by atoms with van der Waals surface area (Å²) in [5, 5.41) is 13.1. The van der Waals surface area contributed by atoms with Crippen LogP contribution in [0.15, 0.2) is 24.3 Å². The minimum absolute atomic E-state index is 0.247. The number of nitrogens with one attached hydrogen (secondary N) is 1. The molecule has 2 rings (SSSR count). The summed E-state index contributed by atoms with van der Waals surface area (Å²) in [5.41, 5.74) is 3.18. The Morgan fingerprint density at radius 1 is 1.17 bits per heavy atom. The number of aromatic hydroxyl groups is 1. The minimum atomic E-state index is 0.247. The van der Waals surface area contributed by atoms with Gasteiger partial charge in [-0.15, -0.1) is 11.3 Å². The average molecular weight is 261 g/mol. The first kappa shape index (κ1) is 13.0. The van der Waals surface area contributed by atoms with Gasteiger partial charge in [-0.3, -0.25) is 0 Å². The zero-order valence-corrected chi connectivity index (χ0v) is 12.1. The summed E-state index contributed by atoms with van der Waals surface area (Å²) in [4.78, 5) is 2.69. The number of phenolic OH excluding ortho intramolecular Hbond substituents is 1. The van der Waals surface area contributed by atoms with Crippen molar-refractivity contribution in [3.8, 4) is 5.75 Å². The first-order valence-electron chi connectivity index (χ1n) is 6.10. The van der Waals surface area contributed by atoms with E-state index in [0.29, 0.717) is 5.75 Å². The fourth-order valence-corrected chi connectivity index (χ4v) is 3.13. The van der Waals surface area contributed by atoms with Crippen molar-refractivity contribution in [2.75, 3.05) is 5.32 Å². The van der Waals surface area contributed by atoms with Gasteiger partial charge < -0.3 is 10.4 Å². The van der Waals surface area contributed by atoms with Gasteiger partial charge in [0, 0.05) is 27.5 Å². The Morgan fingerprint density at radius 2 is 1.89 bits per heavy atom. The van der Waals surface area contributed by atoms with E-state index in [4.69, 9.17) is 0 Å². The van der Waals surface area contributed by atoms with Crippen molar-refractivity contribution in [2.24, 2.45) is 0 Å². The number of hydrogen-bond donors (Lipinski definition) is 2. The molecule has 0 aliphatic heterocycles. The Morgan fingerprint density at radius 3 is 2.44 bits per heavy atom. The molecule has 2 N–H and O–H groups in total. The van der Waals surface area contributed by atoms with Crippen molar-refractivity contribution in [1.82, 2.24) is 0 Å². The second-order valence-corrected chi connectivity index (χ2v) is 6.20. The molecule has 96 valence electrons. The van der Waals surface area contributed by atoms with Crippen LogP contribution < -0.4 is 5.32 Å². The molecule has 2 aromatic rings. The van der Waals surface area contributed by atoms with Crippen LogP contribution in [0.25, 0.3) is 0 Å². The van der Waals surface area contributed by atoms with Crippen LogP contribution in [0.4, 0.5) is 5.69 Å². The Hall–Kier alpha value is -1.48. The van der Waals surface area contributed by atoms with Crippen LogP contribution in [-0.2, 0) is 0 Å². The van der Waals surface area contributed by atoms with E-state index in [-0.39, 0.29) is 6.04 Å². The number of hydrogen-bond acceptors (Lipinski definition) is 3.